The summed E-state index contributed by atoms with van der Waals surface area (Å²) in [5.74, 6) is -1.93. The van der Waals surface area contributed by atoms with E-state index in [4.69, 9.17) is 16.6 Å². The van der Waals surface area contributed by atoms with Crippen molar-refractivity contribution in [2.75, 3.05) is 11.5 Å². The Bertz CT molecular complexity index is 2170. The first kappa shape index (κ1) is 35.3. The molecule has 52 heavy (non-hydrogen) atoms. The molecule has 15 heteroatoms. The molecule has 0 saturated heterocycles. The Balaban J connectivity index is 0.000000187. The van der Waals surface area contributed by atoms with Gasteiger partial charge >= 0.3 is 5.97 Å². The van der Waals surface area contributed by atoms with Crippen molar-refractivity contribution in [2.45, 2.75) is 58.2 Å². The first-order chi connectivity index (χ1) is 24.9. The zero-order valence-electron chi connectivity index (χ0n) is 28.5. The van der Waals surface area contributed by atoms with Gasteiger partial charge in [-0.2, -0.15) is 10.2 Å². The Morgan fingerprint density at radius 3 is 1.63 bits per heavy atom. The van der Waals surface area contributed by atoms with Crippen LogP contribution in [0.5, 0.6) is 0 Å². The molecule has 0 radical (unpaired) electrons. The number of nitrogens with zero attached hydrogens (tertiary/aromatic N) is 4. The van der Waals surface area contributed by atoms with Crippen LogP contribution in [0.4, 0.5) is 16.0 Å². The van der Waals surface area contributed by atoms with Crippen molar-refractivity contribution in [2.24, 2.45) is 0 Å². The van der Waals surface area contributed by atoms with E-state index >= 15 is 0 Å². The number of carboxylic acids is 1. The highest BCUT2D eigenvalue weighted by Crippen LogP contribution is 2.25. The summed E-state index contributed by atoms with van der Waals surface area (Å²) >= 11 is 0. The van der Waals surface area contributed by atoms with Crippen molar-refractivity contribution in [3.8, 4) is 11.4 Å². The maximum atomic E-state index is 13.0. The van der Waals surface area contributed by atoms with Gasteiger partial charge in [0, 0.05) is 29.8 Å². The third-order valence-electron chi connectivity index (χ3n) is 8.68. The highest BCUT2D eigenvalue weighted by Gasteiger charge is 2.26. The fraction of sp³-hybridized carbons (Fsp3) is 0.243. The summed E-state index contributed by atoms with van der Waals surface area (Å²) in [4.78, 5) is 48.1. The zero-order valence-corrected chi connectivity index (χ0v) is 28.5. The van der Waals surface area contributed by atoms with Crippen LogP contribution < -0.4 is 27.4 Å². The van der Waals surface area contributed by atoms with E-state index < -0.39 is 5.97 Å². The van der Waals surface area contributed by atoms with Gasteiger partial charge in [-0.05, 0) is 92.6 Å². The van der Waals surface area contributed by atoms with E-state index in [9.17, 15) is 23.6 Å². The number of nitrogen functional groups attached to an aromatic ring is 2. The van der Waals surface area contributed by atoms with Gasteiger partial charge in [0.15, 0.2) is 0 Å². The van der Waals surface area contributed by atoms with Gasteiger partial charge in [0.1, 0.15) is 28.6 Å². The van der Waals surface area contributed by atoms with E-state index in [2.05, 4.69) is 26.1 Å². The summed E-state index contributed by atoms with van der Waals surface area (Å²) < 4.78 is 15.8. The van der Waals surface area contributed by atoms with Crippen LogP contribution in [0.1, 0.15) is 83.8 Å². The second-order valence-electron chi connectivity index (χ2n) is 12.8. The largest absolute Gasteiger partial charge is 0.477 e. The quantitative estimate of drug-likeness (QED) is 0.123. The molecule has 0 aliphatic heterocycles. The number of nitrogens with one attached hydrogen (secondary N) is 3. The molecular formula is C37H38FN9O5. The average molecular weight is 708 g/mol. The molecule has 3 aromatic carbocycles. The lowest BCUT2D eigenvalue weighted by Crippen LogP contribution is -2.25. The van der Waals surface area contributed by atoms with Crippen LogP contribution in [0.3, 0.4) is 0 Å². The molecule has 0 atom stereocenters. The SMILES string of the molecule is Cc1ccc(C(=O)NC2CC2)cc1-n1ncc(C(=O)NCc2ccc(F)cc2)c1N.Cc1ccc(C(=O)NC2CC2)cc1-n1ncc(C(=O)O)c1N. The van der Waals surface area contributed by atoms with Crippen molar-refractivity contribution in [1.29, 1.82) is 0 Å². The summed E-state index contributed by atoms with van der Waals surface area (Å²) in [6.07, 6.45) is 6.64. The predicted octanol–water partition coefficient (Wildman–Crippen LogP) is 4.08. The zero-order chi connectivity index (χ0) is 37.1. The number of aromatic nitrogens is 4. The number of aromatic carboxylic acids is 1. The van der Waals surface area contributed by atoms with Crippen LogP contribution in [0.25, 0.3) is 11.4 Å². The summed E-state index contributed by atoms with van der Waals surface area (Å²) in [6, 6.07) is 16.9. The number of nitrogens with two attached hydrogens (primary N) is 2. The summed E-state index contributed by atoms with van der Waals surface area (Å²) in [6.45, 7) is 3.96. The lowest BCUT2D eigenvalue weighted by Gasteiger charge is -2.11. The summed E-state index contributed by atoms with van der Waals surface area (Å²) in [5.41, 5.74) is 16.9. The van der Waals surface area contributed by atoms with E-state index in [0.717, 1.165) is 42.4 Å². The predicted molar refractivity (Wildman–Crippen MR) is 191 cm³/mol. The minimum absolute atomic E-state index is 0.0374. The Morgan fingerprint density at radius 1 is 0.731 bits per heavy atom. The van der Waals surface area contributed by atoms with Gasteiger partial charge in [-0.25, -0.2) is 18.5 Å². The molecule has 2 aromatic heterocycles. The molecule has 7 rings (SSSR count). The average Bonchev–Trinajstić information content (AvgIpc) is 4.05. The van der Waals surface area contributed by atoms with Gasteiger partial charge in [0.2, 0.25) is 0 Å². The molecule has 14 nitrogen and oxygen atoms in total. The second kappa shape index (κ2) is 14.8. The number of benzene rings is 3. The number of rotatable bonds is 10. The summed E-state index contributed by atoms with van der Waals surface area (Å²) in [5, 5.41) is 25.9. The second-order valence-corrected chi connectivity index (χ2v) is 12.8. The molecule has 2 aliphatic carbocycles. The van der Waals surface area contributed by atoms with Crippen molar-refractivity contribution >= 4 is 35.3 Å². The first-order valence-electron chi connectivity index (χ1n) is 16.7. The maximum absolute atomic E-state index is 13.0. The standard InChI is InChI=1S/C22H22FN5O2.C15H16N4O3/c1-13-2-5-15(21(29)27-17-8-9-17)10-19(13)28-20(24)18(12-26-28)22(30)25-11-14-3-6-16(23)7-4-14;1-8-2-3-9(14(20)18-10-4-5-10)6-12(8)19-13(16)11(7-17-19)15(21)22/h2-7,10,12,17H,8-9,11,24H2,1H3,(H,25,30)(H,27,29);2-3,6-7,10H,4-5,16H2,1H3,(H,18,20)(H,21,22). The fourth-order valence-corrected chi connectivity index (χ4v) is 5.27. The highest BCUT2D eigenvalue weighted by molar-refractivity contribution is 5.99. The molecule has 2 saturated carbocycles. The normalized spacial score (nSPS) is 13.4. The number of hydrogen-bond acceptors (Lipinski definition) is 8. The van der Waals surface area contributed by atoms with Crippen LogP contribution in [0.2, 0.25) is 0 Å². The molecule has 0 bridgehead atoms. The molecule has 3 amide bonds. The third-order valence-corrected chi connectivity index (χ3v) is 8.68. The smallest absolute Gasteiger partial charge is 0.341 e. The topological polar surface area (TPSA) is 212 Å². The van der Waals surface area contributed by atoms with E-state index in [-0.39, 0.29) is 64.9 Å². The Morgan fingerprint density at radius 2 is 1.19 bits per heavy atom. The minimum atomic E-state index is -1.14. The van der Waals surface area contributed by atoms with E-state index in [0.29, 0.717) is 22.5 Å². The van der Waals surface area contributed by atoms with Crippen molar-refractivity contribution < 1.29 is 28.7 Å². The third kappa shape index (κ3) is 8.09. The van der Waals surface area contributed by atoms with Crippen molar-refractivity contribution in [1.82, 2.24) is 35.5 Å². The van der Waals surface area contributed by atoms with Gasteiger partial charge in [0.05, 0.1) is 23.8 Å². The number of carboxylic acid groups (broad SMARTS) is 1. The van der Waals surface area contributed by atoms with Gasteiger partial charge in [-0.1, -0.05) is 24.3 Å². The Hall–Kier alpha value is -6.51. The molecule has 2 heterocycles. The van der Waals surface area contributed by atoms with Gasteiger partial charge in [-0.15, -0.1) is 0 Å². The number of aryl methyl sites for hydroxylation is 2. The molecule has 8 N–H and O–H groups in total. The summed E-state index contributed by atoms with van der Waals surface area (Å²) in [7, 11) is 0. The highest BCUT2D eigenvalue weighted by atomic mass is 19.1. The van der Waals surface area contributed by atoms with Crippen LogP contribution in [-0.2, 0) is 6.54 Å². The lowest BCUT2D eigenvalue weighted by atomic mass is 10.1. The maximum Gasteiger partial charge on any atom is 0.341 e. The number of carbonyl (C=O) groups excluding carboxylic acids is 3. The Labute approximate surface area is 298 Å². The molecule has 0 unspecified atom stereocenters. The first-order valence-corrected chi connectivity index (χ1v) is 16.7. The fourth-order valence-electron chi connectivity index (χ4n) is 5.27. The van der Waals surface area contributed by atoms with Gasteiger partial charge in [-0.3, -0.25) is 14.4 Å². The minimum Gasteiger partial charge on any atom is -0.477 e. The number of carbonyl (C=O) groups is 4. The number of halogens is 1. The molecule has 2 aliphatic rings. The van der Waals surface area contributed by atoms with Crippen LogP contribution in [0.15, 0.2) is 73.1 Å². The monoisotopic (exact) mass is 707 g/mol. The van der Waals surface area contributed by atoms with E-state index in [1.807, 2.05) is 19.9 Å². The van der Waals surface area contributed by atoms with Crippen LogP contribution in [0, 0.1) is 19.7 Å². The number of anilines is 2. The van der Waals surface area contributed by atoms with Crippen molar-refractivity contribution in [3.05, 3.63) is 118 Å². The molecular weight excluding hydrogens is 669 g/mol. The molecule has 2 fully saturated rings. The number of amides is 3. The van der Waals surface area contributed by atoms with Gasteiger partial charge < -0.3 is 32.5 Å². The Kier molecular flexibility index (Phi) is 10.0. The lowest BCUT2D eigenvalue weighted by molar-refractivity contribution is 0.0697. The van der Waals surface area contributed by atoms with E-state index in [1.165, 1.54) is 33.9 Å². The van der Waals surface area contributed by atoms with E-state index in [1.54, 1.807) is 42.5 Å². The van der Waals surface area contributed by atoms with Crippen molar-refractivity contribution in [3.63, 3.8) is 0 Å². The van der Waals surface area contributed by atoms with Crippen LogP contribution >= 0.6 is 0 Å². The number of hydrogen-bond donors (Lipinski definition) is 6. The molecule has 5 aromatic rings. The van der Waals surface area contributed by atoms with Crippen LogP contribution in [-0.4, -0.2) is 60.4 Å². The van der Waals surface area contributed by atoms with Gasteiger partial charge in [0.25, 0.3) is 17.7 Å². The molecule has 0 spiro atoms. The molecule has 268 valence electrons.